The minimum absolute atomic E-state index is 0.223. The van der Waals surface area contributed by atoms with Crippen LogP contribution in [0.3, 0.4) is 0 Å². The summed E-state index contributed by atoms with van der Waals surface area (Å²) in [6, 6.07) is 0. The molecule has 2 N–H and O–H groups in total. The first-order valence-corrected chi connectivity index (χ1v) is 6.94. The molecule has 0 amide bonds. The van der Waals surface area contributed by atoms with Gasteiger partial charge in [-0.25, -0.2) is 8.42 Å². The van der Waals surface area contributed by atoms with Crippen molar-refractivity contribution in [2.45, 2.75) is 18.6 Å². The maximum absolute atomic E-state index is 11.6. The van der Waals surface area contributed by atoms with E-state index in [0.29, 0.717) is 13.0 Å². The van der Waals surface area contributed by atoms with Crippen LogP contribution >= 0.6 is 0 Å². The number of carbonyl (C=O) groups is 1. The standard InChI is InChI=1S/C9H17NO5S/c1-2-15-9(12)7-5-10-4-3-8(7)16(13,14)6-11/h7-8,10-11H,2-6H2,1H3. The van der Waals surface area contributed by atoms with Gasteiger partial charge in [0, 0.05) is 6.54 Å². The van der Waals surface area contributed by atoms with Crippen molar-refractivity contribution in [2.75, 3.05) is 25.6 Å². The molecular weight excluding hydrogens is 234 g/mol. The van der Waals surface area contributed by atoms with Gasteiger partial charge in [-0.2, -0.15) is 0 Å². The summed E-state index contributed by atoms with van der Waals surface area (Å²) >= 11 is 0. The van der Waals surface area contributed by atoms with Crippen molar-refractivity contribution in [1.82, 2.24) is 5.32 Å². The highest BCUT2D eigenvalue weighted by atomic mass is 32.2. The summed E-state index contributed by atoms with van der Waals surface area (Å²) in [5.41, 5.74) is 0. The molecule has 1 heterocycles. The smallest absolute Gasteiger partial charge is 0.311 e. The summed E-state index contributed by atoms with van der Waals surface area (Å²) in [7, 11) is -3.62. The number of aliphatic hydroxyl groups is 1. The van der Waals surface area contributed by atoms with E-state index in [-0.39, 0.29) is 13.2 Å². The SMILES string of the molecule is CCOC(=O)C1CNCCC1S(=O)(=O)CO. The maximum atomic E-state index is 11.6. The van der Waals surface area contributed by atoms with Crippen LogP contribution in [-0.2, 0) is 19.4 Å². The molecule has 0 aromatic rings. The first-order chi connectivity index (χ1) is 7.53. The van der Waals surface area contributed by atoms with Gasteiger partial charge in [0.2, 0.25) is 0 Å². The van der Waals surface area contributed by atoms with Crippen molar-refractivity contribution >= 4 is 15.8 Å². The fraction of sp³-hybridized carbons (Fsp3) is 0.889. The minimum atomic E-state index is -3.62. The lowest BCUT2D eigenvalue weighted by Gasteiger charge is -2.29. The molecule has 0 radical (unpaired) electrons. The van der Waals surface area contributed by atoms with Gasteiger partial charge in [-0.1, -0.05) is 0 Å². The van der Waals surface area contributed by atoms with Crippen molar-refractivity contribution in [1.29, 1.82) is 0 Å². The average molecular weight is 251 g/mol. The van der Waals surface area contributed by atoms with E-state index < -0.39 is 32.9 Å². The quantitative estimate of drug-likeness (QED) is 0.616. The maximum Gasteiger partial charge on any atom is 0.311 e. The molecule has 1 rings (SSSR count). The number of hydrogen-bond donors (Lipinski definition) is 2. The molecule has 1 aliphatic rings. The van der Waals surface area contributed by atoms with E-state index in [1.54, 1.807) is 6.92 Å². The fourth-order valence-electron chi connectivity index (χ4n) is 1.84. The number of esters is 1. The van der Waals surface area contributed by atoms with Gasteiger partial charge < -0.3 is 15.2 Å². The molecule has 7 heteroatoms. The molecule has 1 fully saturated rings. The van der Waals surface area contributed by atoms with E-state index in [4.69, 9.17) is 9.84 Å². The number of rotatable bonds is 4. The van der Waals surface area contributed by atoms with Gasteiger partial charge in [-0.05, 0) is 19.9 Å². The highest BCUT2D eigenvalue weighted by molar-refractivity contribution is 7.91. The number of sulfone groups is 1. The van der Waals surface area contributed by atoms with Gasteiger partial charge in [0.15, 0.2) is 9.84 Å². The molecule has 0 spiro atoms. The van der Waals surface area contributed by atoms with Gasteiger partial charge in [0.25, 0.3) is 0 Å². The lowest BCUT2D eigenvalue weighted by atomic mass is 9.99. The zero-order valence-corrected chi connectivity index (χ0v) is 10.00. The summed E-state index contributed by atoms with van der Waals surface area (Å²) in [4.78, 5) is 11.6. The Kier molecular flexibility index (Phi) is 4.69. The molecule has 94 valence electrons. The second kappa shape index (κ2) is 5.60. The molecule has 1 aliphatic heterocycles. The summed E-state index contributed by atoms with van der Waals surface area (Å²) in [5.74, 6) is -2.16. The number of carbonyl (C=O) groups excluding carboxylic acids is 1. The van der Waals surface area contributed by atoms with Crippen LogP contribution < -0.4 is 5.32 Å². The molecule has 2 unspecified atom stereocenters. The number of ether oxygens (including phenoxy) is 1. The van der Waals surface area contributed by atoms with E-state index in [9.17, 15) is 13.2 Å². The molecule has 0 aromatic heterocycles. The van der Waals surface area contributed by atoms with Crippen LogP contribution in [0.2, 0.25) is 0 Å². The third-order valence-corrected chi connectivity index (χ3v) is 4.50. The van der Waals surface area contributed by atoms with Crippen LogP contribution in [0.4, 0.5) is 0 Å². The van der Waals surface area contributed by atoms with E-state index in [0.717, 1.165) is 0 Å². The van der Waals surface area contributed by atoms with Gasteiger partial charge in [-0.3, -0.25) is 4.79 Å². The zero-order chi connectivity index (χ0) is 12.2. The summed E-state index contributed by atoms with van der Waals surface area (Å²) in [6.07, 6.45) is 0.326. The van der Waals surface area contributed by atoms with E-state index in [1.807, 2.05) is 0 Å². The molecule has 0 bridgehead atoms. The molecule has 2 atom stereocenters. The largest absolute Gasteiger partial charge is 0.466 e. The molecule has 6 nitrogen and oxygen atoms in total. The van der Waals surface area contributed by atoms with Gasteiger partial charge >= 0.3 is 5.97 Å². The Morgan fingerprint density at radius 2 is 2.25 bits per heavy atom. The van der Waals surface area contributed by atoms with Crippen molar-refractivity contribution in [2.24, 2.45) is 5.92 Å². The third-order valence-electron chi connectivity index (χ3n) is 2.65. The second-order valence-corrected chi connectivity index (χ2v) is 5.87. The van der Waals surface area contributed by atoms with Gasteiger partial charge in [-0.15, -0.1) is 0 Å². The van der Waals surface area contributed by atoms with E-state index >= 15 is 0 Å². The van der Waals surface area contributed by atoms with E-state index in [2.05, 4.69) is 5.32 Å². The lowest BCUT2D eigenvalue weighted by Crippen LogP contribution is -2.48. The Bertz CT molecular complexity index is 340. The van der Waals surface area contributed by atoms with Gasteiger partial charge in [0.1, 0.15) is 5.94 Å². The van der Waals surface area contributed by atoms with Crippen molar-refractivity contribution in [3.63, 3.8) is 0 Å². The Morgan fingerprint density at radius 3 is 2.81 bits per heavy atom. The predicted octanol–water partition coefficient (Wildman–Crippen LogP) is -1.11. The summed E-state index contributed by atoms with van der Waals surface area (Å²) < 4.78 is 28.0. The molecule has 0 aliphatic carbocycles. The Morgan fingerprint density at radius 1 is 1.56 bits per heavy atom. The highest BCUT2D eigenvalue weighted by Crippen LogP contribution is 2.21. The number of hydrogen-bond acceptors (Lipinski definition) is 6. The first-order valence-electron chi connectivity index (χ1n) is 5.22. The summed E-state index contributed by atoms with van der Waals surface area (Å²) in [6.45, 7) is 2.70. The molecule has 0 saturated carbocycles. The van der Waals surface area contributed by atoms with Crippen LogP contribution in [0.15, 0.2) is 0 Å². The topological polar surface area (TPSA) is 92.7 Å². The minimum Gasteiger partial charge on any atom is -0.466 e. The number of nitrogens with one attached hydrogen (secondary N) is 1. The highest BCUT2D eigenvalue weighted by Gasteiger charge is 2.39. The van der Waals surface area contributed by atoms with Crippen LogP contribution in [0.5, 0.6) is 0 Å². The summed E-state index contributed by atoms with van der Waals surface area (Å²) in [5, 5.41) is 10.9. The van der Waals surface area contributed by atoms with Crippen LogP contribution in [0, 0.1) is 5.92 Å². The van der Waals surface area contributed by atoms with Crippen molar-refractivity contribution in [3.8, 4) is 0 Å². The van der Waals surface area contributed by atoms with Crippen molar-refractivity contribution < 1.29 is 23.1 Å². The zero-order valence-electron chi connectivity index (χ0n) is 9.18. The average Bonchev–Trinajstić information content (AvgIpc) is 2.29. The van der Waals surface area contributed by atoms with Crippen LogP contribution in [-0.4, -0.2) is 50.4 Å². The van der Waals surface area contributed by atoms with Crippen LogP contribution in [0.25, 0.3) is 0 Å². The molecule has 16 heavy (non-hydrogen) atoms. The molecule has 1 saturated heterocycles. The Hall–Kier alpha value is -0.660. The fourth-order valence-corrected chi connectivity index (χ4v) is 3.22. The van der Waals surface area contributed by atoms with Crippen molar-refractivity contribution in [3.05, 3.63) is 0 Å². The lowest BCUT2D eigenvalue weighted by molar-refractivity contribution is -0.148. The third kappa shape index (κ3) is 2.93. The Labute approximate surface area is 94.9 Å². The predicted molar refractivity (Wildman–Crippen MR) is 57.4 cm³/mol. The second-order valence-electron chi connectivity index (χ2n) is 3.68. The van der Waals surface area contributed by atoms with Gasteiger partial charge in [0.05, 0.1) is 17.8 Å². The monoisotopic (exact) mass is 251 g/mol. The van der Waals surface area contributed by atoms with E-state index in [1.165, 1.54) is 0 Å². The number of piperidine rings is 1. The Balaban J connectivity index is 2.83. The van der Waals surface area contributed by atoms with Crippen LogP contribution in [0.1, 0.15) is 13.3 Å². The molecule has 0 aromatic carbocycles. The normalized spacial score (nSPS) is 26.4. The number of aliphatic hydroxyl groups excluding tert-OH is 1. The first kappa shape index (κ1) is 13.4. The molecular formula is C9H17NO5S.